The van der Waals surface area contributed by atoms with E-state index in [1.165, 1.54) is 21.3 Å². The van der Waals surface area contributed by atoms with E-state index in [-0.39, 0.29) is 17.9 Å². The van der Waals surface area contributed by atoms with Crippen LogP contribution < -0.4 is 40.6 Å². The van der Waals surface area contributed by atoms with Gasteiger partial charge in [0.1, 0.15) is 5.75 Å². The number of rotatable bonds is 13. The van der Waals surface area contributed by atoms with E-state index in [2.05, 4.69) is 5.32 Å². The molecular formula is C31H38N4O6. The summed E-state index contributed by atoms with van der Waals surface area (Å²) in [5.41, 5.74) is 14.5. The minimum absolute atomic E-state index is 0.0844. The van der Waals surface area contributed by atoms with Gasteiger partial charge in [0.2, 0.25) is 17.6 Å². The first-order valence-corrected chi connectivity index (χ1v) is 13.5. The molecule has 0 saturated carbocycles. The lowest BCUT2D eigenvalue weighted by atomic mass is 9.77. The number of hydrogen-bond acceptors (Lipinski definition) is 8. The van der Waals surface area contributed by atoms with Crippen molar-refractivity contribution in [2.24, 2.45) is 11.5 Å². The largest absolute Gasteiger partial charge is 0.497 e. The third-order valence-electron chi connectivity index (χ3n) is 7.33. The number of nitrogens with one attached hydrogen (secondary N) is 1. The number of benzene rings is 3. The smallest absolute Gasteiger partial charge is 0.241 e. The van der Waals surface area contributed by atoms with Gasteiger partial charge in [-0.1, -0.05) is 30.7 Å². The monoisotopic (exact) mass is 562 g/mol. The van der Waals surface area contributed by atoms with E-state index in [1.54, 1.807) is 36.3 Å². The van der Waals surface area contributed by atoms with E-state index in [4.69, 9.17) is 30.4 Å². The molecule has 10 heteroatoms. The highest BCUT2D eigenvalue weighted by atomic mass is 16.5. The molecular weight excluding hydrogens is 524 g/mol. The molecule has 0 radical (unpaired) electrons. The number of nitrogens with two attached hydrogens (primary N) is 2. The SMILES string of the molecule is COc1ccc([C@H]2[C@H](c3ccc(NC(=O)[C@@H](N)CCCCN)cc3)C(=O)N2c2cc(OC)c(OC)c(OC)c2)cc1. The normalized spacial score (nSPS) is 16.9. The average Bonchev–Trinajstić information content (AvgIpc) is 3.00. The Labute approximate surface area is 240 Å². The zero-order valence-corrected chi connectivity index (χ0v) is 23.9. The summed E-state index contributed by atoms with van der Waals surface area (Å²) in [6.45, 7) is 0.574. The van der Waals surface area contributed by atoms with Crippen molar-refractivity contribution in [1.82, 2.24) is 0 Å². The quantitative estimate of drug-likeness (QED) is 0.210. The van der Waals surface area contributed by atoms with E-state index in [0.29, 0.717) is 41.6 Å². The lowest BCUT2D eigenvalue weighted by Crippen LogP contribution is -2.53. The Bertz CT molecular complexity index is 1320. The van der Waals surface area contributed by atoms with Gasteiger partial charge in [-0.05, 0) is 54.8 Å². The molecule has 0 spiro atoms. The van der Waals surface area contributed by atoms with Crippen molar-refractivity contribution in [2.45, 2.75) is 37.3 Å². The third kappa shape index (κ3) is 6.23. The molecule has 0 aromatic heterocycles. The summed E-state index contributed by atoms with van der Waals surface area (Å²) in [6.07, 6.45) is 2.19. The van der Waals surface area contributed by atoms with Crippen molar-refractivity contribution in [2.75, 3.05) is 45.2 Å². The molecule has 1 heterocycles. The summed E-state index contributed by atoms with van der Waals surface area (Å²) in [5.74, 6) is 1.28. The molecule has 1 fully saturated rings. The van der Waals surface area contributed by atoms with Crippen LogP contribution in [-0.4, -0.2) is 52.8 Å². The van der Waals surface area contributed by atoms with Crippen molar-refractivity contribution < 1.29 is 28.5 Å². The summed E-state index contributed by atoms with van der Waals surface area (Å²) >= 11 is 0. The lowest BCUT2D eigenvalue weighted by molar-refractivity contribution is -0.126. The van der Waals surface area contributed by atoms with Crippen LogP contribution in [0.25, 0.3) is 0 Å². The fourth-order valence-electron chi connectivity index (χ4n) is 5.10. The Morgan fingerprint density at radius 2 is 1.49 bits per heavy atom. The zero-order chi connectivity index (χ0) is 29.5. The van der Waals surface area contributed by atoms with Crippen LogP contribution in [0.3, 0.4) is 0 Å². The lowest BCUT2D eigenvalue weighted by Gasteiger charge is -2.48. The standard InChI is InChI=1S/C31H38N4O6/c1-38-23-14-10-20(11-15-23)28-27(19-8-12-21(13-9-19)34-30(36)24(33)7-5-6-16-32)31(37)35(28)22-17-25(39-2)29(41-4)26(18-22)40-3/h8-15,17-18,24,27-28H,5-7,16,32-33H2,1-4H3,(H,34,36)/t24-,27-,28-/m0/s1. The first-order chi connectivity index (χ1) is 19.9. The molecule has 10 nitrogen and oxygen atoms in total. The second kappa shape index (κ2) is 13.4. The number of methoxy groups -OCH3 is 4. The molecule has 1 saturated heterocycles. The van der Waals surface area contributed by atoms with Crippen LogP contribution in [0.5, 0.6) is 23.0 Å². The molecule has 2 amide bonds. The van der Waals surface area contributed by atoms with Crippen LogP contribution >= 0.6 is 0 Å². The maximum Gasteiger partial charge on any atom is 0.241 e. The molecule has 1 aliphatic heterocycles. The van der Waals surface area contributed by atoms with Gasteiger partial charge in [0.05, 0.1) is 52.1 Å². The number of hydrogen-bond donors (Lipinski definition) is 3. The molecule has 3 aromatic carbocycles. The van der Waals surface area contributed by atoms with Crippen molar-refractivity contribution in [3.63, 3.8) is 0 Å². The molecule has 0 unspecified atom stereocenters. The highest BCUT2D eigenvalue weighted by Crippen LogP contribution is 2.52. The van der Waals surface area contributed by atoms with E-state index >= 15 is 0 Å². The number of unbranched alkanes of at least 4 members (excludes halogenated alkanes) is 1. The fourth-order valence-corrected chi connectivity index (χ4v) is 5.10. The molecule has 1 aliphatic rings. The van der Waals surface area contributed by atoms with Crippen molar-refractivity contribution in [3.05, 3.63) is 71.8 Å². The fraction of sp³-hybridized carbons (Fsp3) is 0.355. The summed E-state index contributed by atoms with van der Waals surface area (Å²) in [7, 11) is 6.22. The van der Waals surface area contributed by atoms with Gasteiger partial charge >= 0.3 is 0 Å². The highest BCUT2D eigenvalue weighted by molar-refractivity contribution is 6.07. The molecule has 41 heavy (non-hydrogen) atoms. The highest BCUT2D eigenvalue weighted by Gasteiger charge is 2.50. The molecule has 0 aliphatic carbocycles. The maximum absolute atomic E-state index is 13.8. The van der Waals surface area contributed by atoms with Crippen LogP contribution in [-0.2, 0) is 9.59 Å². The third-order valence-corrected chi connectivity index (χ3v) is 7.33. The molecule has 3 atom stereocenters. The van der Waals surface area contributed by atoms with E-state index in [0.717, 1.165) is 29.7 Å². The second-order valence-electron chi connectivity index (χ2n) is 9.79. The minimum atomic E-state index is -0.610. The molecule has 5 N–H and O–H groups in total. The number of carbonyl (C=O) groups excluding carboxylic acids is 2. The average molecular weight is 563 g/mol. The number of β-lactam (4-membered cyclic amide) rings is 1. The van der Waals surface area contributed by atoms with Crippen LogP contribution in [0.1, 0.15) is 42.3 Å². The van der Waals surface area contributed by atoms with E-state index in [9.17, 15) is 9.59 Å². The number of nitrogens with zero attached hydrogens (tertiary/aromatic N) is 1. The zero-order valence-electron chi connectivity index (χ0n) is 23.9. The number of amides is 2. The Morgan fingerprint density at radius 3 is 2.02 bits per heavy atom. The van der Waals surface area contributed by atoms with Crippen molar-refractivity contribution >= 4 is 23.2 Å². The predicted octanol–water partition coefficient (Wildman–Crippen LogP) is 3.99. The van der Waals surface area contributed by atoms with Crippen LogP contribution in [0.2, 0.25) is 0 Å². The van der Waals surface area contributed by atoms with Crippen molar-refractivity contribution in [3.8, 4) is 23.0 Å². The van der Waals surface area contributed by atoms with Crippen molar-refractivity contribution in [1.29, 1.82) is 0 Å². The van der Waals surface area contributed by atoms with Gasteiger partial charge in [0.25, 0.3) is 0 Å². The second-order valence-corrected chi connectivity index (χ2v) is 9.79. The Kier molecular flexibility index (Phi) is 9.69. The first kappa shape index (κ1) is 29.7. The molecule has 218 valence electrons. The Morgan fingerprint density at radius 1 is 0.878 bits per heavy atom. The van der Waals surface area contributed by atoms with Crippen LogP contribution in [0, 0.1) is 0 Å². The van der Waals surface area contributed by atoms with Gasteiger partial charge in [-0.3, -0.25) is 9.59 Å². The van der Waals surface area contributed by atoms with Gasteiger partial charge in [0.15, 0.2) is 11.5 Å². The van der Waals surface area contributed by atoms with Gasteiger partial charge in [-0.2, -0.15) is 0 Å². The number of anilines is 2. The van der Waals surface area contributed by atoms with E-state index in [1.807, 2.05) is 36.4 Å². The molecule has 0 bridgehead atoms. The predicted molar refractivity (Wildman–Crippen MR) is 158 cm³/mol. The maximum atomic E-state index is 13.8. The van der Waals surface area contributed by atoms with Gasteiger partial charge in [-0.15, -0.1) is 0 Å². The number of carbonyl (C=O) groups is 2. The number of ether oxygens (including phenoxy) is 4. The Balaban J connectivity index is 1.63. The van der Waals surface area contributed by atoms with Crippen LogP contribution in [0.15, 0.2) is 60.7 Å². The molecule has 3 aromatic rings. The summed E-state index contributed by atoms with van der Waals surface area (Å²) in [5, 5.41) is 2.86. The summed E-state index contributed by atoms with van der Waals surface area (Å²) in [4.78, 5) is 28.0. The van der Waals surface area contributed by atoms with Gasteiger partial charge in [-0.25, -0.2) is 0 Å². The van der Waals surface area contributed by atoms with Gasteiger partial charge in [0, 0.05) is 17.8 Å². The first-order valence-electron chi connectivity index (χ1n) is 13.5. The Hall–Kier alpha value is -4.28. The summed E-state index contributed by atoms with van der Waals surface area (Å²) < 4.78 is 21.9. The minimum Gasteiger partial charge on any atom is -0.497 e. The van der Waals surface area contributed by atoms with Gasteiger partial charge < -0.3 is 40.6 Å². The van der Waals surface area contributed by atoms with Crippen LogP contribution in [0.4, 0.5) is 11.4 Å². The summed E-state index contributed by atoms with van der Waals surface area (Å²) in [6, 6.07) is 17.6. The molecule has 4 rings (SSSR count). The van der Waals surface area contributed by atoms with E-state index < -0.39 is 12.0 Å². The topological polar surface area (TPSA) is 138 Å².